The number of amides is 1. The molecular weight excluding hydrogens is 254 g/mol. The van der Waals surface area contributed by atoms with Gasteiger partial charge in [-0.05, 0) is 6.07 Å². The highest BCUT2D eigenvalue weighted by atomic mass is 16.4. The van der Waals surface area contributed by atoms with E-state index < -0.39 is 30.9 Å². The lowest BCUT2D eigenvalue weighted by Gasteiger charge is -2.18. The standard InChI is InChI=1S/C12H13NO6/c14-9-4-2-1-3-8(9)5-10(15)13(6-11(16)17)7-12(18)19/h1-4,14H,5-7H2,(H,16,17)(H,18,19). The Morgan fingerprint density at radius 2 is 1.53 bits per heavy atom. The minimum Gasteiger partial charge on any atom is -0.508 e. The number of carbonyl (C=O) groups is 3. The maximum Gasteiger partial charge on any atom is 0.323 e. The van der Waals surface area contributed by atoms with Crippen LogP contribution in [0.2, 0.25) is 0 Å². The third kappa shape index (κ3) is 4.66. The molecule has 0 aromatic heterocycles. The summed E-state index contributed by atoms with van der Waals surface area (Å²) in [5.41, 5.74) is 0.313. The Labute approximate surface area is 108 Å². The van der Waals surface area contributed by atoms with Gasteiger partial charge in [0.2, 0.25) is 5.91 Å². The second-order valence-corrected chi connectivity index (χ2v) is 3.84. The van der Waals surface area contributed by atoms with Crippen molar-refractivity contribution in [2.45, 2.75) is 6.42 Å². The maximum atomic E-state index is 11.8. The number of carboxylic acid groups (broad SMARTS) is 2. The number of hydrogen-bond acceptors (Lipinski definition) is 4. The zero-order chi connectivity index (χ0) is 14.4. The van der Waals surface area contributed by atoms with E-state index in [1.165, 1.54) is 12.1 Å². The van der Waals surface area contributed by atoms with Gasteiger partial charge in [0, 0.05) is 5.56 Å². The molecule has 0 aliphatic rings. The van der Waals surface area contributed by atoms with Crippen molar-refractivity contribution in [1.82, 2.24) is 4.90 Å². The quantitative estimate of drug-likeness (QED) is 0.664. The van der Waals surface area contributed by atoms with E-state index in [4.69, 9.17) is 10.2 Å². The number of nitrogens with zero attached hydrogens (tertiary/aromatic N) is 1. The van der Waals surface area contributed by atoms with E-state index in [1.54, 1.807) is 12.1 Å². The largest absolute Gasteiger partial charge is 0.508 e. The van der Waals surface area contributed by atoms with Crippen LogP contribution >= 0.6 is 0 Å². The molecule has 1 aromatic rings. The molecule has 0 radical (unpaired) electrons. The Balaban J connectivity index is 2.79. The lowest BCUT2D eigenvalue weighted by atomic mass is 10.1. The summed E-state index contributed by atoms with van der Waals surface area (Å²) in [5, 5.41) is 26.8. The molecule has 1 amide bonds. The fraction of sp³-hybridized carbons (Fsp3) is 0.250. The van der Waals surface area contributed by atoms with Gasteiger partial charge in [-0.15, -0.1) is 0 Å². The molecule has 0 bridgehead atoms. The molecule has 0 heterocycles. The van der Waals surface area contributed by atoms with Gasteiger partial charge in [0.15, 0.2) is 0 Å². The summed E-state index contributed by atoms with van der Waals surface area (Å²) in [6, 6.07) is 6.09. The van der Waals surface area contributed by atoms with Crippen molar-refractivity contribution < 1.29 is 29.7 Å². The normalized spacial score (nSPS) is 9.89. The molecule has 19 heavy (non-hydrogen) atoms. The van der Waals surface area contributed by atoms with Crippen LogP contribution in [-0.4, -0.2) is 51.2 Å². The number of para-hydroxylation sites is 1. The second kappa shape index (κ2) is 6.39. The first-order chi connectivity index (χ1) is 8.90. The van der Waals surface area contributed by atoms with Crippen LogP contribution in [0.1, 0.15) is 5.56 Å². The maximum absolute atomic E-state index is 11.8. The lowest BCUT2D eigenvalue weighted by molar-refractivity contribution is -0.149. The number of carbonyl (C=O) groups excluding carboxylic acids is 1. The highest BCUT2D eigenvalue weighted by Gasteiger charge is 2.20. The van der Waals surface area contributed by atoms with E-state index in [0.29, 0.717) is 10.5 Å². The van der Waals surface area contributed by atoms with Gasteiger partial charge in [-0.2, -0.15) is 0 Å². The Morgan fingerprint density at radius 1 is 1.00 bits per heavy atom. The van der Waals surface area contributed by atoms with Gasteiger partial charge in [0.25, 0.3) is 0 Å². The first-order valence-electron chi connectivity index (χ1n) is 5.38. The molecule has 0 unspecified atom stereocenters. The first-order valence-corrected chi connectivity index (χ1v) is 5.38. The number of benzene rings is 1. The molecule has 3 N–H and O–H groups in total. The minimum absolute atomic E-state index is 0.0959. The van der Waals surface area contributed by atoms with Gasteiger partial charge in [-0.25, -0.2) is 0 Å². The monoisotopic (exact) mass is 267 g/mol. The fourth-order valence-electron chi connectivity index (χ4n) is 1.49. The van der Waals surface area contributed by atoms with E-state index in [-0.39, 0.29) is 12.2 Å². The van der Waals surface area contributed by atoms with Crippen molar-refractivity contribution in [2.24, 2.45) is 0 Å². The zero-order valence-electron chi connectivity index (χ0n) is 9.94. The Bertz CT molecular complexity index is 483. The van der Waals surface area contributed by atoms with Gasteiger partial charge in [-0.3, -0.25) is 14.4 Å². The van der Waals surface area contributed by atoms with Crippen LogP contribution in [-0.2, 0) is 20.8 Å². The van der Waals surface area contributed by atoms with Gasteiger partial charge >= 0.3 is 11.9 Å². The average molecular weight is 267 g/mol. The third-order valence-electron chi connectivity index (χ3n) is 2.34. The summed E-state index contributed by atoms with van der Waals surface area (Å²) >= 11 is 0. The Kier molecular flexibility index (Phi) is 4.87. The molecule has 1 aromatic carbocycles. The molecule has 7 heteroatoms. The Hall–Kier alpha value is -2.57. The van der Waals surface area contributed by atoms with Crippen LogP contribution in [0.3, 0.4) is 0 Å². The minimum atomic E-state index is -1.30. The number of hydrogen-bond donors (Lipinski definition) is 3. The number of carboxylic acids is 2. The highest BCUT2D eigenvalue weighted by molar-refractivity contribution is 5.86. The Morgan fingerprint density at radius 3 is 2.00 bits per heavy atom. The predicted octanol–water partition coefficient (Wildman–Crippen LogP) is -0.0675. The van der Waals surface area contributed by atoms with Crippen molar-refractivity contribution in [3.63, 3.8) is 0 Å². The molecule has 0 aliphatic heterocycles. The number of aliphatic carboxylic acids is 2. The molecule has 0 spiro atoms. The fourth-order valence-corrected chi connectivity index (χ4v) is 1.49. The van der Waals surface area contributed by atoms with Gasteiger partial charge in [0.1, 0.15) is 18.8 Å². The number of aromatic hydroxyl groups is 1. The summed E-state index contributed by atoms with van der Waals surface area (Å²) in [6.45, 7) is -1.39. The SMILES string of the molecule is O=C(O)CN(CC(=O)O)C(=O)Cc1ccccc1O. The lowest BCUT2D eigenvalue weighted by Crippen LogP contribution is -2.40. The summed E-state index contributed by atoms with van der Waals surface area (Å²) < 4.78 is 0. The predicted molar refractivity (Wildman–Crippen MR) is 63.7 cm³/mol. The van der Waals surface area contributed by atoms with E-state index >= 15 is 0 Å². The molecule has 7 nitrogen and oxygen atoms in total. The first kappa shape index (κ1) is 14.5. The van der Waals surface area contributed by atoms with Crippen LogP contribution in [0.5, 0.6) is 5.75 Å². The molecule has 0 saturated carbocycles. The smallest absolute Gasteiger partial charge is 0.323 e. The third-order valence-corrected chi connectivity index (χ3v) is 2.34. The van der Waals surface area contributed by atoms with Crippen LogP contribution in [0.4, 0.5) is 0 Å². The van der Waals surface area contributed by atoms with Gasteiger partial charge < -0.3 is 20.2 Å². The van der Waals surface area contributed by atoms with Crippen LogP contribution < -0.4 is 0 Å². The topological polar surface area (TPSA) is 115 Å². The molecule has 0 aliphatic carbocycles. The second-order valence-electron chi connectivity index (χ2n) is 3.84. The van der Waals surface area contributed by atoms with Crippen molar-refractivity contribution in [2.75, 3.05) is 13.1 Å². The number of phenols is 1. The molecular formula is C12H13NO6. The summed E-state index contributed by atoms with van der Waals surface area (Å²) in [7, 11) is 0. The highest BCUT2D eigenvalue weighted by Crippen LogP contribution is 2.16. The van der Waals surface area contributed by atoms with Crippen molar-refractivity contribution in [3.8, 4) is 5.75 Å². The molecule has 102 valence electrons. The van der Waals surface area contributed by atoms with Crippen LogP contribution in [0.15, 0.2) is 24.3 Å². The number of rotatable bonds is 6. The summed E-state index contributed by atoms with van der Waals surface area (Å²) in [6.07, 6.45) is -0.257. The van der Waals surface area contributed by atoms with Gasteiger partial charge in [0.05, 0.1) is 6.42 Å². The number of phenolic OH excluding ortho intramolecular Hbond substituents is 1. The average Bonchev–Trinajstić information content (AvgIpc) is 2.30. The molecule has 0 atom stereocenters. The molecule has 0 fully saturated rings. The summed E-state index contributed by atoms with van der Waals surface area (Å²) in [4.78, 5) is 33.7. The van der Waals surface area contributed by atoms with Gasteiger partial charge in [-0.1, -0.05) is 18.2 Å². The molecule has 1 rings (SSSR count). The van der Waals surface area contributed by atoms with Crippen LogP contribution in [0, 0.1) is 0 Å². The zero-order valence-corrected chi connectivity index (χ0v) is 9.94. The van der Waals surface area contributed by atoms with E-state index in [0.717, 1.165) is 0 Å². The van der Waals surface area contributed by atoms with E-state index in [9.17, 15) is 19.5 Å². The van der Waals surface area contributed by atoms with E-state index in [1.807, 2.05) is 0 Å². The van der Waals surface area contributed by atoms with Crippen LogP contribution in [0.25, 0.3) is 0 Å². The van der Waals surface area contributed by atoms with Crippen molar-refractivity contribution >= 4 is 17.8 Å². The van der Waals surface area contributed by atoms with E-state index in [2.05, 4.69) is 0 Å². The molecule has 0 saturated heterocycles. The summed E-state index contributed by atoms with van der Waals surface area (Å²) in [5.74, 6) is -3.37. The van der Waals surface area contributed by atoms with Crippen molar-refractivity contribution in [3.05, 3.63) is 29.8 Å². The van der Waals surface area contributed by atoms with Crippen molar-refractivity contribution in [1.29, 1.82) is 0 Å².